The molecule has 1 aliphatic heterocycles. The summed E-state index contributed by atoms with van der Waals surface area (Å²) in [6.07, 6.45) is 2.38. The molecule has 0 radical (unpaired) electrons. The van der Waals surface area contributed by atoms with Crippen molar-refractivity contribution in [2.24, 2.45) is 0 Å². The van der Waals surface area contributed by atoms with E-state index in [1.807, 2.05) is 23.5 Å². The Balaban J connectivity index is 1.28. The smallest absolute Gasteiger partial charge is 0.142 e. The van der Waals surface area contributed by atoms with Crippen LogP contribution in [0.15, 0.2) is 52.3 Å². The zero-order valence-corrected chi connectivity index (χ0v) is 18.1. The molecule has 0 atom stereocenters. The molecule has 1 aromatic heterocycles. The molecule has 5 heteroatoms. The fourth-order valence-corrected chi connectivity index (χ4v) is 5.39. The number of fused-ring (bicyclic) bond motifs is 1. The van der Waals surface area contributed by atoms with Crippen LogP contribution in [-0.4, -0.2) is 44.7 Å². The lowest BCUT2D eigenvalue weighted by Crippen LogP contribution is -2.46. The van der Waals surface area contributed by atoms with Crippen LogP contribution in [0.1, 0.15) is 12.0 Å². The number of para-hydroxylation sites is 2. The second kappa shape index (κ2) is 8.63. The molecule has 3 nitrogen and oxygen atoms in total. The Hall–Kier alpha value is -1.56. The molecular weight excluding hydrogens is 420 g/mol. The highest BCUT2D eigenvalue weighted by atomic mass is 79.9. The van der Waals surface area contributed by atoms with Gasteiger partial charge in [0.2, 0.25) is 0 Å². The number of hydrogen-bond donors (Lipinski definition) is 0. The Morgan fingerprint density at radius 1 is 1.07 bits per heavy atom. The van der Waals surface area contributed by atoms with Gasteiger partial charge in [-0.2, -0.15) is 0 Å². The summed E-state index contributed by atoms with van der Waals surface area (Å²) in [5.74, 6) is 0.974. The van der Waals surface area contributed by atoms with E-state index in [1.54, 1.807) is 7.11 Å². The van der Waals surface area contributed by atoms with Gasteiger partial charge < -0.3 is 9.64 Å². The first-order valence-electron chi connectivity index (χ1n) is 9.50. The number of thiophene rings is 1. The lowest BCUT2D eigenvalue weighted by atomic mass is 10.1. The molecule has 1 aliphatic rings. The van der Waals surface area contributed by atoms with Crippen LogP contribution in [0.5, 0.6) is 5.75 Å². The molecule has 1 fully saturated rings. The number of hydrogen-bond acceptors (Lipinski definition) is 4. The van der Waals surface area contributed by atoms with Gasteiger partial charge in [-0.15, -0.1) is 11.3 Å². The standard InChI is InChI=1S/C22H25BrN2OS/c1-26-21-7-3-2-6-20(21)25-13-11-24(12-14-25)10-4-5-17-16-27-22-15-18(23)8-9-19(17)22/h2-3,6-9,15-16H,4-5,10-14H2,1H3. The number of rotatable bonds is 6. The van der Waals surface area contributed by atoms with Crippen LogP contribution in [-0.2, 0) is 6.42 Å². The van der Waals surface area contributed by atoms with Gasteiger partial charge in [0.05, 0.1) is 12.8 Å². The average Bonchev–Trinajstić information content (AvgIpc) is 3.10. The van der Waals surface area contributed by atoms with E-state index >= 15 is 0 Å². The van der Waals surface area contributed by atoms with Gasteiger partial charge in [0.25, 0.3) is 0 Å². The Kier molecular flexibility index (Phi) is 6.01. The molecule has 0 saturated carbocycles. The minimum absolute atomic E-state index is 0.974. The number of anilines is 1. The van der Waals surface area contributed by atoms with E-state index < -0.39 is 0 Å². The van der Waals surface area contributed by atoms with Gasteiger partial charge in [-0.05, 0) is 60.0 Å². The van der Waals surface area contributed by atoms with Gasteiger partial charge in [-0.1, -0.05) is 34.1 Å². The van der Waals surface area contributed by atoms with E-state index in [9.17, 15) is 0 Å². The molecule has 1 saturated heterocycles. The first-order valence-corrected chi connectivity index (χ1v) is 11.2. The fourth-order valence-electron chi connectivity index (χ4n) is 3.85. The summed E-state index contributed by atoms with van der Waals surface area (Å²) in [5, 5.41) is 3.75. The van der Waals surface area contributed by atoms with Crippen molar-refractivity contribution in [2.45, 2.75) is 12.8 Å². The molecule has 0 amide bonds. The normalized spacial score (nSPS) is 15.4. The molecule has 0 aliphatic carbocycles. The first-order chi connectivity index (χ1) is 13.2. The maximum Gasteiger partial charge on any atom is 0.142 e. The Bertz CT molecular complexity index is 902. The van der Waals surface area contributed by atoms with Crippen molar-refractivity contribution in [3.8, 4) is 5.75 Å². The number of halogens is 1. The lowest BCUT2D eigenvalue weighted by molar-refractivity contribution is 0.254. The van der Waals surface area contributed by atoms with Crippen molar-refractivity contribution < 1.29 is 4.74 Å². The Labute approximate surface area is 173 Å². The number of ether oxygens (including phenoxy) is 1. The van der Waals surface area contributed by atoms with Crippen molar-refractivity contribution in [3.63, 3.8) is 0 Å². The SMILES string of the molecule is COc1ccccc1N1CCN(CCCc2csc3cc(Br)ccc23)CC1. The predicted octanol–water partition coefficient (Wildman–Crippen LogP) is 5.43. The Morgan fingerprint density at radius 3 is 2.70 bits per heavy atom. The quantitative estimate of drug-likeness (QED) is 0.504. The zero-order chi connectivity index (χ0) is 18.6. The first kappa shape index (κ1) is 18.8. The fraction of sp³-hybridized carbons (Fsp3) is 0.364. The zero-order valence-electron chi connectivity index (χ0n) is 15.7. The third-order valence-electron chi connectivity index (χ3n) is 5.34. The van der Waals surface area contributed by atoms with Crippen LogP contribution < -0.4 is 9.64 Å². The third kappa shape index (κ3) is 4.31. The molecule has 0 N–H and O–H groups in total. The molecule has 142 valence electrons. The minimum Gasteiger partial charge on any atom is -0.495 e. The molecule has 27 heavy (non-hydrogen) atoms. The van der Waals surface area contributed by atoms with E-state index in [0.29, 0.717) is 0 Å². The summed E-state index contributed by atoms with van der Waals surface area (Å²) in [6, 6.07) is 15.0. The third-order valence-corrected chi connectivity index (χ3v) is 6.82. The van der Waals surface area contributed by atoms with Crippen molar-refractivity contribution in [2.75, 3.05) is 44.7 Å². The summed E-state index contributed by atoms with van der Waals surface area (Å²) >= 11 is 5.42. The maximum atomic E-state index is 5.52. The van der Waals surface area contributed by atoms with Crippen LogP contribution >= 0.6 is 27.3 Å². The van der Waals surface area contributed by atoms with Crippen molar-refractivity contribution in [1.82, 2.24) is 4.90 Å². The largest absolute Gasteiger partial charge is 0.495 e. The Morgan fingerprint density at radius 2 is 1.89 bits per heavy atom. The van der Waals surface area contributed by atoms with E-state index in [0.717, 1.165) is 42.8 Å². The molecular formula is C22H25BrN2OS. The van der Waals surface area contributed by atoms with E-state index in [4.69, 9.17) is 4.74 Å². The summed E-state index contributed by atoms with van der Waals surface area (Å²) in [4.78, 5) is 5.04. The highest BCUT2D eigenvalue weighted by Crippen LogP contribution is 2.30. The maximum absolute atomic E-state index is 5.52. The van der Waals surface area contributed by atoms with Crippen molar-refractivity contribution in [1.29, 1.82) is 0 Å². The number of nitrogens with zero attached hydrogens (tertiary/aromatic N) is 2. The van der Waals surface area contributed by atoms with E-state index in [-0.39, 0.29) is 0 Å². The summed E-state index contributed by atoms with van der Waals surface area (Å²) in [6.45, 7) is 5.55. The van der Waals surface area contributed by atoms with Gasteiger partial charge in [-0.25, -0.2) is 0 Å². The molecule has 3 aromatic rings. The van der Waals surface area contributed by atoms with Crippen LogP contribution in [0.2, 0.25) is 0 Å². The van der Waals surface area contributed by atoms with E-state index in [2.05, 4.69) is 61.4 Å². The van der Waals surface area contributed by atoms with Crippen LogP contribution in [0.25, 0.3) is 10.1 Å². The van der Waals surface area contributed by atoms with Gasteiger partial charge in [0, 0.05) is 35.4 Å². The van der Waals surface area contributed by atoms with Crippen molar-refractivity contribution >= 4 is 43.0 Å². The van der Waals surface area contributed by atoms with Gasteiger partial charge in [0.15, 0.2) is 0 Å². The summed E-state index contributed by atoms with van der Waals surface area (Å²) in [7, 11) is 1.75. The van der Waals surface area contributed by atoms with Gasteiger partial charge >= 0.3 is 0 Å². The highest BCUT2D eigenvalue weighted by molar-refractivity contribution is 9.10. The van der Waals surface area contributed by atoms with Crippen LogP contribution in [0.3, 0.4) is 0 Å². The van der Waals surface area contributed by atoms with Crippen molar-refractivity contribution in [3.05, 3.63) is 57.9 Å². The molecule has 0 bridgehead atoms. The molecule has 0 unspecified atom stereocenters. The lowest BCUT2D eigenvalue weighted by Gasteiger charge is -2.36. The number of piperazine rings is 1. The van der Waals surface area contributed by atoms with Gasteiger partial charge in [-0.3, -0.25) is 4.90 Å². The number of benzene rings is 2. The number of aryl methyl sites for hydroxylation is 1. The predicted molar refractivity (Wildman–Crippen MR) is 119 cm³/mol. The molecule has 2 aromatic carbocycles. The van der Waals surface area contributed by atoms with Crippen LogP contribution in [0, 0.1) is 0 Å². The second-order valence-corrected chi connectivity index (χ2v) is 8.83. The molecule has 2 heterocycles. The van der Waals surface area contributed by atoms with Crippen LogP contribution in [0.4, 0.5) is 5.69 Å². The summed E-state index contributed by atoms with van der Waals surface area (Å²) < 4.78 is 8.06. The molecule has 4 rings (SSSR count). The number of methoxy groups -OCH3 is 1. The monoisotopic (exact) mass is 444 g/mol. The summed E-state index contributed by atoms with van der Waals surface area (Å²) in [5.41, 5.74) is 2.71. The highest BCUT2D eigenvalue weighted by Gasteiger charge is 2.19. The van der Waals surface area contributed by atoms with Gasteiger partial charge in [0.1, 0.15) is 5.75 Å². The second-order valence-electron chi connectivity index (χ2n) is 7.01. The molecule has 0 spiro atoms. The van der Waals surface area contributed by atoms with E-state index in [1.165, 1.54) is 34.3 Å². The topological polar surface area (TPSA) is 15.7 Å². The minimum atomic E-state index is 0.974. The average molecular weight is 445 g/mol.